The SMILES string of the molecule is COC(CNC(=O)[C@@H](NC(=O)OCC1c2ccccc2-c2ccccc21)[C@@H](C)OC)C(=O)O. The second-order valence-electron chi connectivity index (χ2n) is 7.70. The van der Waals surface area contributed by atoms with E-state index >= 15 is 0 Å². The first-order valence-electron chi connectivity index (χ1n) is 10.5. The van der Waals surface area contributed by atoms with Crippen LogP contribution in [-0.4, -0.2) is 68.7 Å². The van der Waals surface area contributed by atoms with Gasteiger partial charge in [-0.1, -0.05) is 48.5 Å². The number of hydrogen-bond donors (Lipinski definition) is 3. The number of alkyl carbamates (subject to hydrolysis) is 1. The smallest absolute Gasteiger partial charge is 0.407 e. The van der Waals surface area contributed by atoms with Gasteiger partial charge in [0.2, 0.25) is 5.91 Å². The van der Waals surface area contributed by atoms with Crippen molar-refractivity contribution < 1.29 is 33.7 Å². The van der Waals surface area contributed by atoms with E-state index in [9.17, 15) is 14.4 Å². The summed E-state index contributed by atoms with van der Waals surface area (Å²) < 4.78 is 15.5. The Kier molecular flexibility index (Phi) is 8.02. The fourth-order valence-electron chi connectivity index (χ4n) is 3.87. The maximum Gasteiger partial charge on any atom is 0.407 e. The van der Waals surface area contributed by atoms with Gasteiger partial charge in [-0.3, -0.25) is 4.79 Å². The van der Waals surface area contributed by atoms with E-state index in [0.717, 1.165) is 22.3 Å². The first kappa shape index (κ1) is 24.2. The molecule has 2 amide bonds. The minimum atomic E-state index is -1.21. The summed E-state index contributed by atoms with van der Waals surface area (Å²) in [6, 6.07) is 14.9. The standard InChI is InChI=1S/C24H28N2O7/c1-14(31-2)21(22(27)25-12-20(32-3)23(28)29)26-24(30)33-13-19-17-10-6-4-8-15(17)16-9-5-7-11-18(16)19/h4-11,14,19-21H,12-13H2,1-3H3,(H,25,27)(H,26,30)(H,28,29)/t14-,20?,21+/m1/s1. The lowest BCUT2D eigenvalue weighted by molar-refractivity contribution is -0.148. The summed E-state index contributed by atoms with van der Waals surface area (Å²) in [5.41, 5.74) is 4.37. The lowest BCUT2D eigenvalue weighted by atomic mass is 9.98. The van der Waals surface area contributed by atoms with Crippen molar-refractivity contribution in [3.8, 4) is 11.1 Å². The Morgan fingerprint density at radius 1 is 0.970 bits per heavy atom. The van der Waals surface area contributed by atoms with E-state index in [0.29, 0.717) is 0 Å². The van der Waals surface area contributed by atoms with Gasteiger partial charge in [0.15, 0.2) is 6.10 Å². The third-order valence-corrected chi connectivity index (χ3v) is 5.76. The third-order valence-electron chi connectivity index (χ3n) is 5.76. The predicted molar refractivity (Wildman–Crippen MR) is 120 cm³/mol. The van der Waals surface area contributed by atoms with E-state index in [1.54, 1.807) is 6.92 Å². The fourth-order valence-corrected chi connectivity index (χ4v) is 3.87. The maximum absolute atomic E-state index is 12.6. The van der Waals surface area contributed by atoms with Crippen LogP contribution in [0.4, 0.5) is 4.79 Å². The third kappa shape index (κ3) is 5.50. The van der Waals surface area contributed by atoms with Crippen molar-refractivity contribution in [2.45, 2.75) is 31.1 Å². The van der Waals surface area contributed by atoms with E-state index in [1.165, 1.54) is 14.2 Å². The Balaban J connectivity index is 1.64. The number of carbonyl (C=O) groups excluding carboxylic acids is 2. The highest BCUT2D eigenvalue weighted by molar-refractivity contribution is 5.87. The summed E-state index contributed by atoms with van der Waals surface area (Å²) in [4.78, 5) is 36.3. The van der Waals surface area contributed by atoms with Gasteiger partial charge >= 0.3 is 12.1 Å². The lowest BCUT2D eigenvalue weighted by Crippen LogP contribution is -2.54. The minimum Gasteiger partial charge on any atom is -0.479 e. The van der Waals surface area contributed by atoms with Gasteiger partial charge in [-0.25, -0.2) is 9.59 Å². The zero-order valence-electron chi connectivity index (χ0n) is 18.7. The molecule has 2 aromatic carbocycles. The summed E-state index contributed by atoms with van der Waals surface area (Å²) in [7, 11) is 2.63. The molecule has 3 N–H and O–H groups in total. The Hall–Kier alpha value is -3.43. The predicted octanol–water partition coefficient (Wildman–Crippen LogP) is 2.14. The molecule has 0 heterocycles. The van der Waals surface area contributed by atoms with Gasteiger partial charge in [0.25, 0.3) is 0 Å². The van der Waals surface area contributed by atoms with Crippen LogP contribution in [0, 0.1) is 0 Å². The summed E-state index contributed by atoms with van der Waals surface area (Å²) in [5.74, 6) is -1.94. The van der Waals surface area contributed by atoms with Crippen molar-refractivity contribution in [1.82, 2.24) is 10.6 Å². The number of methoxy groups -OCH3 is 2. The van der Waals surface area contributed by atoms with Gasteiger partial charge in [-0.15, -0.1) is 0 Å². The van der Waals surface area contributed by atoms with Crippen LogP contribution in [0.1, 0.15) is 24.0 Å². The molecule has 1 aliphatic rings. The number of carbonyl (C=O) groups is 3. The molecule has 3 atom stereocenters. The van der Waals surface area contributed by atoms with Gasteiger partial charge in [-0.05, 0) is 29.2 Å². The van der Waals surface area contributed by atoms with Crippen molar-refractivity contribution in [2.24, 2.45) is 0 Å². The van der Waals surface area contributed by atoms with Gasteiger partial charge < -0.3 is 30.0 Å². The largest absolute Gasteiger partial charge is 0.479 e. The molecule has 0 spiro atoms. The number of benzene rings is 2. The number of fused-ring (bicyclic) bond motifs is 3. The van der Waals surface area contributed by atoms with Crippen molar-refractivity contribution in [3.63, 3.8) is 0 Å². The molecule has 9 heteroatoms. The van der Waals surface area contributed by atoms with E-state index in [1.807, 2.05) is 48.5 Å². The highest BCUT2D eigenvalue weighted by Gasteiger charge is 2.31. The molecule has 3 rings (SSSR count). The van der Waals surface area contributed by atoms with Gasteiger partial charge in [0.1, 0.15) is 12.6 Å². The van der Waals surface area contributed by atoms with E-state index < -0.39 is 36.2 Å². The van der Waals surface area contributed by atoms with Crippen LogP contribution in [0.25, 0.3) is 11.1 Å². The maximum atomic E-state index is 12.6. The molecule has 33 heavy (non-hydrogen) atoms. The van der Waals surface area contributed by atoms with Gasteiger partial charge in [0, 0.05) is 20.1 Å². The Bertz CT molecular complexity index is 964. The van der Waals surface area contributed by atoms with Crippen LogP contribution in [0.3, 0.4) is 0 Å². The van der Waals surface area contributed by atoms with Crippen LogP contribution in [-0.2, 0) is 23.8 Å². The molecule has 176 valence electrons. The molecule has 0 bridgehead atoms. The van der Waals surface area contributed by atoms with Gasteiger partial charge in [0.05, 0.1) is 12.6 Å². The van der Waals surface area contributed by atoms with Crippen molar-refractivity contribution in [2.75, 3.05) is 27.4 Å². The molecule has 9 nitrogen and oxygen atoms in total. The summed E-state index contributed by atoms with van der Waals surface area (Å²) >= 11 is 0. The molecular formula is C24H28N2O7. The number of aliphatic carboxylic acids is 1. The zero-order valence-corrected chi connectivity index (χ0v) is 18.7. The molecule has 0 aliphatic heterocycles. The number of hydrogen-bond acceptors (Lipinski definition) is 6. The number of amides is 2. The monoisotopic (exact) mass is 456 g/mol. The molecule has 0 saturated heterocycles. The van der Waals surface area contributed by atoms with Gasteiger partial charge in [-0.2, -0.15) is 0 Å². The van der Waals surface area contributed by atoms with E-state index in [4.69, 9.17) is 19.3 Å². The molecule has 1 aliphatic carbocycles. The van der Waals surface area contributed by atoms with Crippen molar-refractivity contribution in [3.05, 3.63) is 59.7 Å². The Morgan fingerprint density at radius 2 is 1.55 bits per heavy atom. The summed E-state index contributed by atoms with van der Waals surface area (Å²) in [6.45, 7) is 1.45. The molecule has 0 fully saturated rings. The minimum absolute atomic E-state index is 0.0975. The summed E-state index contributed by atoms with van der Waals surface area (Å²) in [5, 5.41) is 14.0. The average molecular weight is 456 g/mol. The zero-order chi connectivity index (χ0) is 24.0. The number of nitrogens with one attached hydrogen (secondary N) is 2. The van der Waals surface area contributed by atoms with Crippen LogP contribution < -0.4 is 10.6 Å². The van der Waals surface area contributed by atoms with Crippen molar-refractivity contribution in [1.29, 1.82) is 0 Å². The molecule has 1 unspecified atom stereocenters. The van der Waals surface area contributed by atoms with Crippen LogP contribution in [0.15, 0.2) is 48.5 Å². The lowest BCUT2D eigenvalue weighted by Gasteiger charge is -2.24. The van der Waals surface area contributed by atoms with Crippen molar-refractivity contribution >= 4 is 18.0 Å². The number of carboxylic acid groups (broad SMARTS) is 1. The molecule has 0 radical (unpaired) electrons. The average Bonchev–Trinajstić information content (AvgIpc) is 3.14. The molecular weight excluding hydrogens is 428 g/mol. The topological polar surface area (TPSA) is 123 Å². The quantitative estimate of drug-likeness (QED) is 0.501. The molecule has 0 saturated carbocycles. The molecule has 0 aromatic heterocycles. The van der Waals surface area contributed by atoms with Crippen LogP contribution in [0.5, 0.6) is 0 Å². The van der Waals surface area contributed by atoms with Crippen LogP contribution >= 0.6 is 0 Å². The summed E-state index contributed by atoms with van der Waals surface area (Å²) in [6.07, 6.45) is -2.67. The highest BCUT2D eigenvalue weighted by Crippen LogP contribution is 2.44. The first-order chi connectivity index (χ1) is 15.9. The van der Waals surface area contributed by atoms with E-state index in [-0.39, 0.29) is 19.1 Å². The normalized spacial score (nSPS) is 15.0. The second kappa shape index (κ2) is 10.9. The van der Waals surface area contributed by atoms with Crippen LogP contribution in [0.2, 0.25) is 0 Å². The Labute approximate surface area is 192 Å². The number of carboxylic acids is 1. The highest BCUT2D eigenvalue weighted by atomic mass is 16.5. The molecule has 2 aromatic rings. The number of rotatable bonds is 10. The Morgan fingerprint density at radius 3 is 2.06 bits per heavy atom. The number of ether oxygens (including phenoxy) is 3. The van der Waals surface area contributed by atoms with E-state index in [2.05, 4.69) is 10.6 Å². The second-order valence-corrected chi connectivity index (χ2v) is 7.70. The fraction of sp³-hybridized carbons (Fsp3) is 0.375. The first-order valence-corrected chi connectivity index (χ1v) is 10.5.